The smallest absolute Gasteiger partial charge is 0.508 e. The van der Waals surface area contributed by atoms with Gasteiger partial charge in [0.2, 0.25) is 0 Å². The number of nitrogens with zero attached hydrogens (tertiary/aromatic N) is 3. The van der Waals surface area contributed by atoms with Crippen molar-refractivity contribution < 1.29 is 78.6 Å². The minimum absolute atomic E-state index is 0. The Kier molecular flexibility index (Phi) is 25.1. The first-order valence-corrected chi connectivity index (χ1v) is 16.0. The molecule has 0 aromatic heterocycles. The number of carboxylic acids is 2. The Morgan fingerprint density at radius 2 is 1.15 bits per heavy atom. The fourth-order valence-electron chi connectivity index (χ4n) is 3.99. The summed E-state index contributed by atoms with van der Waals surface area (Å²) in [5.74, 6) is -1.93. The zero-order chi connectivity index (χ0) is 40.3. The Labute approximate surface area is 338 Å². The van der Waals surface area contributed by atoms with Crippen LogP contribution in [-0.4, -0.2) is 70.9 Å². The largest absolute Gasteiger partial charge is 1.00 e. The summed E-state index contributed by atoms with van der Waals surface area (Å²) in [7, 11) is 0. The predicted octanol–water partition coefficient (Wildman–Crippen LogP) is 3.70. The molecule has 4 aromatic carbocycles. The molecule has 288 valence electrons. The number of nitrogens with one attached hydrogen (secondary N) is 2. The maximum absolute atomic E-state index is 11.2. The van der Waals surface area contributed by atoms with Gasteiger partial charge in [-0.3, -0.25) is 0 Å². The van der Waals surface area contributed by atoms with Gasteiger partial charge in [0, 0.05) is 18.8 Å². The fourth-order valence-corrected chi connectivity index (χ4v) is 3.99. The van der Waals surface area contributed by atoms with E-state index in [1.807, 2.05) is 12.1 Å². The third kappa shape index (κ3) is 20.6. The molecule has 8 N–H and O–H groups in total. The van der Waals surface area contributed by atoms with E-state index in [9.17, 15) is 24.3 Å². The number of hydrogen-bond donors (Lipinski definition) is 7. The molecule has 0 fully saturated rings. The van der Waals surface area contributed by atoms with Crippen molar-refractivity contribution in [3.8, 4) is 11.5 Å². The number of hydrogen-bond acceptors (Lipinski definition) is 14. The molecule has 0 aliphatic rings. The van der Waals surface area contributed by atoms with Crippen molar-refractivity contribution in [3.63, 3.8) is 0 Å². The monoisotopic (exact) mass is 772 g/mol. The van der Waals surface area contributed by atoms with Crippen LogP contribution in [0.15, 0.2) is 107 Å². The topological polar surface area (TPSA) is 295 Å². The maximum atomic E-state index is 11.2. The molecule has 0 radical (unpaired) electrons. The van der Waals surface area contributed by atoms with Crippen LogP contribution < -0.4 is 45.9 Å². The van der Waals surface area contributed by atoms with Gasteiger partial charge in [0.15, 0.2) is 0 Å². The van der Waals surface area contributed by atoms with E-state index in [-0.39, 0.29) is 63.6 Å². The number of rotatable bonds is 12. The van der Waals surface area contributed by atoms with E-state index in [1.54, 1.807) is 68.4 Å². The van der Waals surface area contributed by atoms with Crippen LogP contribution in [0.1, 0.15) is 45.7 Å². The number of azo groups is 1. The number of carboxylic acid groups (broad SMARTS) is 2. The van der Waals surface area contributed by atoms with Crippen molar-refractivity contribution in [2.24, 2.45) is 15.6 Å². The van der Waals surface area contributed by atoms with Gasteiger partial charge in [-0.15, -0.1) is 15.6 Å². The van der Waals surface area contributed by atoms with E-state index in [0.717, 1.165) is 22.9 Å². The SMILES string of the molecule is CCOC(=O)NCCc1ccc(O)c(N=Nc2ccccc2C(=O)O)c1.CCOC(=O)NCCc1ccc(O)cc1.Nc1ccccc1C(=O)O.O=N[O-].[Na+]. The first-order valence-electron chi connectivity index (χ1n) is 16.0. The minimum atomic E-state index is -1.11. The van der Waals surface area contributed by atoms with E-state index in [0.29, 0.717) is 38.4 Å². The van der Waals surface area contributed by atoms with Gasteiger partial charge >= 0.3 is 53.7 Å². The first kappa shape index (κ1) is 48.8. The van der Waals surface area contributed by atoms with Crippen molar-refractivity contribution >= 4 is 41.2 Å². The predicted molar refractivity (Wildman–Crippen MR) is 198 cm³/mol. The van der Waals surface area contributed by atoms with E-state index in [1.165, 1.54) is 24.3 Å². The molecule has 0 aliphatic heterocycles. The Hall–Kier alpha value is -6.24. The number of phenolic OH excluding ortho intramolecular Hbond substituents is 2. The number of anilines is 1. The molecular formula is C36H41N6NaO12. The second kappa shape index (κ2) is 28.3. The van der Waals surface area contributed by atoms with Crippen LogP contribution in [0.4, 0.5) is 26.7 Å². The summed E-state index contributed by atoms with van der Waals surface area (Å²) < 4.78 is 9.48. The molecule has 0 saturated heterocycles. The quantitative estimate of drug-likeness (QED) is 0.0356. The average molecular weight is 773 g/mol. The van der Waals surface area contributed by atoms with Crippen LogP contribution in [0.2, 0.25) is 0 Å². The Morgan fingerprint density at radius 1 is 0.691 bits per heavy atom. The summed E-state index contributed by atoms with van der Waals surface area (Å²) in [5.41, 5.74) is 8.09. The summed E-state index contributed by atoms with van der Waals surface area (Å²) >= 11 is 0. The number of nitrogen functional groups attached to an aromatic ring is 1. The number of nitrogens with two attached hydrogens (primary N) is 1. The zero-order valence-electron chi connectivity index (χ0n) is 30.4. The third-order valence-corrected chi connectivity index (χ3v) is 6.48. The third-order valence-electron chi connectivity index (χ3n) is 6.48. The molecular weight excluding hydrogens is 731 g/mol. The molecule has 18 nitrogen and oxygen atoms in total. The van der Waals surface area contributed by atoms with Gasteiger partial charge in [-0.2, -0.15) is 0 Å². The van der Waals surface area contributed by atoms with Crippen molar-refractivity contribution in [1.29, 1.82) is 0 Å². The van der Waals surface area contributed by atoms with Gasteiger partial charge in [0.25, 0.3) is 0 Å². The molecule has 4 aromatic rings. The van der Waals surface area contributed by atoms with Gasteiger partial charge < -0.3 is 56.4 Å². The number of aromatic carboxylic acids is 2. The second-order valence-corrected chi connectivity index (χ2v) is 10.3. The zero-order valence-corrected chi connectivity index (χ0v) is 32.4. The number of amides is 2. The van der Waals surface area contributed by atoms with Crippen LogP contribution >= 0.6 is 0 Å². The molecule has 0 atom stereocenters. The number of para-hydroxylation sites is 1. The van der Waals surface area contributed by atoms with Crippen LogP contribution in [0.25, 0.3) is 0 Å². The number of carbonyl (C=O) groups excluding carboxylic acids is 2. The number of alkyl carbamates (subject to hydrolysis) is 2. The molecule has 4 rings (SSSR count). The van der Waals surface area contributed by atoms with Gasteiger partial charge in [0.05, 0.1) is 24.3 Å². The molecule has 2 amide bonds. The number of benzene rings is 4. The van der Waals surface area contributed by atoms with E-state index in [2.05, 4.69) is 20.9 Å². The molecule has 0 saturated carbocycles. The second-order valence-electron chi connectivity index (χ2n) is 10.3. The van der Waals surface area contributed by atoms with Crippen molar-refractivity contribution in [2.45, 2.75) is 26.7 Å². The van der Waals surface area contributed by atoms with Crippen LogP contribution in [0.5, 0.6) is 11.5 Å². The van der Waals surface area contributed by atoms with Crippen molar-refractivity contribution in [3.05, 3.63) is 123 Å². The van der Waals surface area contributed by atoms with Crippen LogP contribution in [0.3, 0.4) is 0 Å². The molecule has 0 aliphatic carbocycles. The molecule has 0 heterocycles. The fraction of sp³-hybridized carbons (Fsp3) is 0.222. The van der Waals surface area contributed by atoms with Gasteiger partial charge in [0.1, 0.15) is 22.9 Å². The minimum Gasteiger partial charge on any atom is -0.508 e. The van der Waals surface area contributed by atoms with Gasteiger partial charge in [-0.25, -0.2) is 19.2 Å². The van der Waals surface area contributed by atoms with E-state index < -0.39 is 24.1 Å². The summed E-state index contributed by atoms with van der Waals surface area (Å²) in [5, 5.41) is 58.7. The molecule has 19 heteroatoms. The van der Waals surface area contributed by atoms with Crippen LogP contribution in [0, 0.1) is 10.1 Å². The van der Waals surface area contributed by atoms with Crippen molar-refractivity contribution in [2.75, 3.05) is 32.0 Å². The maximum Gasteiger partial charge on any atom is 1.00 e. The molecule has 0 unspecified atom stereocenters. The Bertz CT molecular complexity index is 1830. The van der Waals surface area contributed by atoms with Crippen molar-refractivity contribution in [1.82, 2.24) is 10.6 Å². The molecule has 0 spiro atoms. The summed E-state index contributed by atoms with van der Waals surface area (Å²) in [6.45, 7) is 5.06. The number of ether oxygens (including phenoxy) is 2. The number of phenols is 2. The van der Waals surface area contributed by atoms with E-state index >= 15 is 0 Å². The summed E-state index contributed by atoms with van der Waals surface area (Å²) in [4.78, 5) is 51.7. The number of aromatic hydroxyl groups is 2. The average Bonchev–Trinajstić information content (AvgIpc) is 3.14. The summed E-state index contributed by atoms with van der Waals surface area (Å²) in [6, 6.07) is 24.2. The van der Waals surface area contributed by atoms with Gasteiger partial charge in [-0.1, -0.05) is 42.5 Å². The van der Waals surface area contributed by atoms with E-state index in [4.69, 9.17) is 40.6 Å². The Balaban J connectivity index is 0.000000846. The van der Waals surface area contributed by atoms with Crippen LogP contribution in [-0.2, 0) is 22.3 Å². The standard InChI is InChI=1S/C18H19N3O5.C11H15NO3.C7H7NO2.HNO2.Na/c1-2-26-18(25)19-10-9-12-7-8-16(22)15(11-12)21-20-14-6-4-3-5-13(14)17(23)24;1-2-15-11(14)12-8-7-9-3-5-10(13)6-4-9;8-6-4-2-1-3-5(6)7(9)10;2-1-3;/h3-8,11,22H,2,9-10H2,1H3,(H,19,25)(H,23,24);3-6,13H,2,7-8H2,1H3,(H,12,14);1-4H,8H2,(H,9,10);(H,2,3);/q;;;;+1/p-1. The Morgan fingerprint density at radius 3 is 1.64 bits per heavy atom. The molecule has 55 heavy (non-hydrogen) atoms. The summed E-state index contributed by atoms with van der Waals surface area (Å²) in [6.07, 6.45) is 0.347. The first-order chi connectivity index (χ1) is 25.9. The molecule has 0 bridgehead atoms. The number of carbonyl (C=O) groups is 4. The van der Waals surface area contributed by atoms with Gasteiger partial charge in [-0.05, 0) is 86.3 Å². The normalized spacial score (nSPS) is 9.56.